The Labute approximate surface area is 115 Å². The fraction of sp³-hybridized carbons (Fsp3) is 0.294. The molecule has 0 aromatic heterocycles. The zero-order chi connectivity index (χ0) is 13.3. The van der Waals surface area contributed by atoms with Crippen LogP contribution in [0.1, 0.15) is 11.1 Å². The first kappa shape index (κ1) is 13.6. The van der Waals surface area contributed by atoms with Crippen molar-refractivity contribution in [2.75, 3.05) is 19.7 Å². The molecular formula is C17H21NO. The summed E-state index contributed by atoms with van der Waals surface area (Å²) in [6.45, 7) is 4.70. The molecule has 100 valence electrons. The molecule has 2 aromatic rings. The summed E-state index contributed by atoms with van der Waals surface area (Å²) in [5.41, 5.74) is 2.71. The minimum Gasteiger partial charge on any atom is -0.492 e. The first-order valence-corrected chi connectivity index (χ1v) is 6.79. The lowest BCUT2D eigenvalue weighted by Crippen LogP contribution is -2.23. The highest BCUT2D eigenvalue weighted by molar-refractivity contribution is 5.22. The normalized spacial score (nSPS) is 10.4. The van der Waals surface area contributed by atoms with Gasteiger partial charge in [0.15, 0.2) is 0 Å². The molecule has 0 unspecified atom stereocenters. The van der Waals surface area contributed by atoms with Crippen LogP contribution in [0.5, 0.6) is 5.75 Å². The predicted molar refractivity (Wildman–Crippen MR) is 79.7 cm³/mol. The van der Waals surface area contributed by atoms with E-state index in [2.05, 4.69) is 36.5 Å². The van der Waals surface area contributed by atoms with Gasteiger partial charge in [0.1, 0.15) is 12.4 Å². The average Bonchev–Trinajstić information content (AvgIpc) is 2.44. The van der Waals surface area contributed by atoms with Gasteiger partial charge in [-0.2, -0.15) is 0 Å². The molecule has 1 N–H and O–H groups in total. The van der Waals surface area contributed by atoms with Crippen LogP contribution >= 0.6 is 0 Å². The maximum atomic E-state index is 5.61. The van der Waals surface area contributed by atoms with Crippen LogP contribution in [0.25, 0.3) is 0 Å². The molecule has 0 spiro atoms. The molecule has 2 rings (SSSR count). The Hall–Kier alpha value is -1.80. The Bertz CT molecular complexity index is 482. The van der Waals surface area contributed by atoms with E-state index in [1.807, 2.05) is 30.3 Å². The van der Waals surface area contributed by atoms with E-state index in [1.165, 1.54) is 11.1 Å². The van der Waals surface area contributed by atoms with E-state index in [0.717, 1.165) is 25.3 Å². The topological polar surface area (TPSA) is 21.3 Å². The summed E-state index contributed by atoms with van der Waals surface area (Å²) in [5.74, 6) is 0.933. The lowest BCUT2D eigenvalue weighted by molar-refractivity contribution is 0.314. The number of aryl methyl sites for hydroxylation is 1. The maximum Gasteiger partial charge on any atom is 0.119 e. The summed E-state index contributed by atoms with van der Waals surface area (Å²) in [7, 11) is 0. The predicted octanol–water partition coefficient (Wildman–Crippen LogP) is 3.21. The van der Waals surface area contributed by atoms with Crippen LogP contribution < -0.4 is 10.1 Å². The number of para-hydroxylation sites is 1. The Morgan fingerprint density at radius 3 is 2.58 bits per heavy atom. The van der Waals surface area contributed by atoms with Crippen molar-refractivity contribution in [2.24, 2.45) is 0 Å². The molecule has 0 aliphatic rings. The minimum atomic E-state index is 0.706. The van der Waals surface area contributed by atoms with Crippen LogP contribution in [-0.2, 0) is 6.42 Å². The van der Waals surface area contributed by atoms with Crippen LogP contribution in [0.4, 0.5) is 0 Å². The van der Waals surface area contributed by atoms with Crippen molar-refractivity contribution < 1.29 is 4.74 Å². The number of nitrogens with one attached hydrogen (secondary N) is 1. The van der Waals surface area contributed by atoms with Gasteiger partial charge in [0, 0.05) is 6.54 Å². The molecule has 0 aliphatic carbocycles. The standard InChI is InChI=1S/C17H21NO/c1-15-6-5-7-16(14-15)10-11-18-12-13-19-17-8-3-2-4-9-17/h2-9,14,18H,10-13H2,1H3. The van der Waals surface area contributed by atoms with Crippen LogP contribution in [0.2, 0.25) is 0 Å². The quantitative estimate of drug-likeness (QED) is 0.767. The van der Waals surface area contributed by atoms with E-state index < -0.39 is 0 Å². The van der Waals surface area contributed by atoms with Crippen molar-refractivity contribution in [3.63, 3.8) is 0 Å². The van der Waals surface area contributed by atoms with Crippen LogP contribution in [0, 0.1) is 6.92 Å². The van der Waals surface area contributed by atoms with Crippen molar-refractivity contribution in [2.45, 2.75) is 13.3 Å². The summed E-state index contributed by atoms with van der Waals surface area (Å²) in [6.07, 6.45) is 1.06. The highest BCUT2D eigenvalue weighted by Gasteiger charge is 1.94. The van der Waals surface area contributed by atoms with Gasteiger partial charge in [0.25, 0.3) is 0 Å². The lowest BCUT2D eigenvalue weighted by atomic mass is 10.1. The van der Waals surface area contributed by atoms with E-state index in [0.29, 0.717) is 6.61 Å². The van der Waals surface area contributed by atoms with Gasteiger partial charge in [0.05, 0.1) is 0 Å². The number of benzene rings is 2. The zero-order valence-corrected chi connectivity index (χ0v) is 11.4. The fourth-order valence-corrected chi connectivity index (χ4v) is 1.98. The minimum absolute atomic E-state index is 0.706. The maximum absolute atomic E-state index is 5.61. The summed E-state index contributed by atoms with van der Waals surface area (Å²) in [4.78, 5) is 0. The highest BCUT2D eigenvalue weighted by Crippen LogP contribution is 2.07. The molecule has 0 fully saturated rings. The van der Waals surface area contributed by atoms with Crippen molar-refractivity contribution in [3.05, 3.63) is 65.7 Å². The molecule has 0 aliphatic heterocycles. The van der Waals surface area contributed by atoms with Crippen molar-refractivity contribution in [3.8, 4) is 5.75 Å². The number of hydrogen-bond acceptors (Lipinski definition) is 2. The molecule has 2 heteroatoms. The van der Waals surface area contributed by atoms with E-state index in [-0.39, 0.29) is 0 Å². The highest BCUT2D eigenvalue weighted by atomic mass is 16.5. The number of rotatable bonds is 7. The summed E-state index contributed by atoms with van der Waals surface area (Å²) >= 11 is 0. The summed E-state index contributed by atoms with van der Waals surface area (Å²) in [5, 5.41) is 3.40. The second-order valence-electron chi connectivity index (χ2n) is 4.65. The SMILES string of the molecule is Cc1cccc(CCNCCOc2ccccc2)c1. The van der Waals surface area contributed by atoms with E-state index >= 15 is 0 Å². The average molecular weight is 255 g/mol. The van der Waals surface area contributed by atoms with Gasteiger partial charge in [-0.1, -0.05) is 48.0 Å². The molecule has 2 aromatic carbocycles. The van der Waals surface area contributed by atoms with E-state index in [1.54, 1.807) is 0 Å². The smallest absolute Gasteiger partial charge is 0.119 e. The molecule has 19 heavy (non-hydrogen) atoms. The molecule has 0 saturated heterocycles. The third kappa shape index (κ3) is 5.14. The third-order valence-corrected chi connectivity index (χ3v) is 2.96. The Morgan fingerprint density at radius 2 is 1.79 bits per heavy atom. The molecule has 0 saturated carbocycles. The van der Waals surface area contributed by atoms with E-state index in [4.69, 9.17) is 4.74 Å². The van der Waals surface area contributed by atoms with Crippen molar-refractivity contribution >= 4 is 0 Å². The molecule has 0 heterocycles. The van der Waals surface area contributed by atoms with Crippen molar-refractivity contribution in [1.29, 1.82) is 0 Å². The van der Waals surface area contributed by atoms with Crippen LogP contribution in [0.15, 0.2) is 54.6 Å². The third-order valence-electron chi connectivity index (χ3n) is 2.96. The van der Waals surface area contributed by atoms with Gasteiger partial charge in [-0.05, 0) is 37.6 Å². The zero-order valence-electron chi connectivity index (χ0n) is 11.4. The molecule has 0 bridgehead atoms. The Balaban J connectivity index is 1.58. The van der Waals surface area contributed by atoms with Gasteiger partial charge < -0.3 is 10.1 Å². The molecule has 0 atom stereocenters. The van der Waals surface area contributed by atoms with E-state index in [9.17, 15) is 0 Å². The van der Waals surface area contributed by atoms with Crippen molar-refractivity contribution in [1.82, 2.24) is 5.32 Å². The summed E-state index contributed by atoms with van der Waals surface area (Å²) in [6, 6.07) is 18.6. The van der Waals surface area contributed by atoms with Gasteiger partial charge in [0.2, 0.25) is 0 Å². The second-order valence-corrected chi connectivity index (χ2v) is 4.65. The Kier molecular flexibility index (Phi) is 5.45. The van der Waals surface area contributed by atoms with Crippen LogP contribution in [0.3, 0.4) is 0 Å². The number of hydrogen-bond donors (Lipinski definition) is 1. The van der Waals surface area contributed by atoms with Gasteiger partial charge in [-0.3, -0.25) is 0 Å². The summed E-state index contributed by atoms with van der Waals surface area (Å²) < 4.78 is 5.61. The fourth-order valence-electron chi connectivity index (χ4n) is 1.98. The largest absolute Gasteiger partial charge is 0.492 e. The number of ether oxygens (including phenoxy) is 1. The first-order chi connectivity index (χ1) is 9.34. The van der Waals surface area contributed by atoms with Crippen LogP contribution in [-0.4, -0.2) is 19.7 Å². The van der Waals surface area contributed by atoms with Gasteiger partial charge in [-0.25, -0.2) is 0 Å². The molecule has 2 nitrogen and oxygen atoms in total. The molecular weight excluding hydrogens is 234 g/mol. The first-order valence-electron chi connectivity index (χ1n) is 6.79. The van der Waals surface area contributed by atoms with Gasteiger partial charge in [-0.15, -0.1) is 0 Å². The second kappa shape index (κ2) is 7.59. The Morgan fingerprint density at radius 1 is 0.947 bits per heavy atom. The molecule has 0 radical (unpaired) electrons. The monoisotopic (exact) mass is 255 g/mol. The van der Waals surface area contributed by atoms with Gasteiger partial charge >= 0.3 is 0 Å². The lowest BCUT2D eigenvalue weighted by Gasteiger charge is -2.07. The molecule has 0 amide bonds.